The van der Waals surface area contributed by atoms with Crippen molar-refractivity contribution in [3.8, 4) is 0 Å². The van der Waals surface area contributed by atoms with Crippen molar-refractivity contribution in [1.82, 2.24) is 15.5 Å². The van der Waals surface area contributed by atoms with Crippen LogP contribution in [0.1, 0.15) is 22.2 Å². The molecule has 27 heavy (non-hydrogen) atoms. The van der Waals surface area contributed by atoms with Gasteiger partial charge in [-0.15, -0.1) is 0 Å². The number of hydrogen-bond acceptors (Lipinski definition) is 4. The van der Waals surface area contributed by atoms with Gasteiger partial charge in [0, 0.05) is 11.9 Å². The first-order valence-corrected chi connectivity index (χ1v) is 8.56. The molecule has 4 rings (SSSR count). The first-order valence-electron chi connectivity index (χ1n) is 8.56. The highest BCUT2D eigenvalue weighted by Gasteiger charge is 2.16. The Morgan fingerprint density at radius 3 is 2.52 bits per heavy atom. The minimum absolute atomic E-state index is 0.0340. The topological polar surface area (TPSA) is 95.1 Å². The third-order valence-electron chi connectivity index (χ3n) is 4.53. The van der Waals surface area contributed by atoms with E-state index < -0.39 is 12.0 Å². The summed E-state index contributed by atoms with van der Waals surface area (Å²) < 4.78 is 0. The molecule has 1 heterocycles. The van der Waals surface area contributed by atoms with E-state index in [0.717, 1.165) is 10.8 Å². The summed E-state index contributed by atoms with van der Waals surface area (Å²) in [7, 11) is 0. The quantitative estimate of drug-likeness (QED) is 0.522. The highest BCUT2D eigenvalue weighted by molar-refractivity contribution is 6.04. The van der Waals surface area contributed by atoms with E-state index in [1.54, 1.807) is 24.3 Å². The molecule has 1 aromatic heterocycles. The lowest BCUT2D eigenvalue weighted by Crippen LogP contribution is -2.30. The molecular weight excluding hydrogens is 342 g/mol. The summed E-state index contributed by atoms with van der Waals surface area (Å²) in [5.41, 5.74) is 0.488. The molecule has 0 aliphatic rings. The Labute approximate surface area is 154 Å². The number of rotatable bonds is 4. The number of aromatic amines is 1. The third-order valence-corrected chi connectivity index (χ3v) is 4.53. The predicted octanol–water partition coefficient (Wildman–Crippen LogP) is 2.54. The highest BCUT2D eigenvalue weighted by Crippen LogP contribution is 2.20. The minimum atomic E-state index is -0.854. The molecule has 0 saturated carbocycles. The Kier molecular flexibility index (Phi) is 4.40. The van der Waals surface area contributed by atoms with Crippen molar-refractivity contribution >= 4 is 27.5 Å². The maximum atomic E-state index is 12.5. The fourth-order valence-electron chi connectivity index (χ4n) is 3.09. The van der Waals surface area contributed by atoms with Crippen molar-refractivity contribution < 1.29 is 9.90 Å². The number of carbonyl (C=O) groups is 1. The lowest BCUT2D eigenvalue weighted by atomic mass is 10.0. The fraction of sp³-hybridized carbons (Fsp3) is 0.0952. The lowest BCUT2D eigenvalue weighted by molar-refractivity contribution is 0.0912. The fourth-order valence-corrected chi connectivity index (χ4v) is 3.09. The van der Waals surface area contributed by atoms with Crippen LogP contribution in [0.3, 0.4) is 0 Å². The number of benzene rings is 3. The Bertz CT molecular complexity index is 1200. The van der Waals surface area contributed by atoms with Gasteiger partial charge in [-0.25, -0.2) is 5.10 Å². The Morgan fingerprint density at radius 1 is 1.00 bits per heavy atom. The van der Waals surface area contributed by atoms with Gasteiger partial charge in [-0.05, 0) is 28.5 Å². The van der Waals surface area contributed by atoms with E-state index in [2.05, 4.69) is 15.5 Å². The van der Waals surface area contributed by atoms with Crippen molar-refractivity contribution in [3.63, 3.8) is 0 Å². The number of H-pyrrole nitrogens is 1. The lowest BCUT2D eigenvalue weighted by Gasteiger charge is -2.13. The van der Waals surface area contributed by atoms with Crippen LogP contribution >= 0.6 is 0 Å². The molecule has 0 bridgehead atoms. The van der Waals surface area contributed by atoms with Gasteiger partial charge in [0.25, 0.3) is 11.5 Å². The molecule has 6 nitrogen and oxygen atoms in total. The van der Waals surface area contributed by atoms with Crippen LogP contribution in [0.5, 0.6) is 0 Å². The molecule has 0 aliphatic carbocycles. The van der Waals surface area contributed by atoms with Crippen molar-refractivity contribution in [2.45, 2.75) is 6.10 Å². The molecule has 1 amide bonds. The standard InChI is InChI=1S/C21H17N3O3/c25-18(15-10-9-13-5-1-2-6-14(13)11-15)12-22-21(27)19-16-7-3-4-8-17(16)20(26)24-23-19/h1-11,18,25H,12H2,(H,22,27)(H,24,26). The number of aromatic nitrogens is 2. The van der Waals surface area contributed by atoms with Gasteiger partial charge < -0.3 is 10.4 Å². The van der Waals surface area contributed by atoms with Gasteiger partial charge in [0.2, 0.25) is 0 Å². The van der Waals surface area contributed by atoms with Gasteiger partial charge >= 0.3 is 0 Å². The zero-order valence-electron chi connectivity index (χ0n) is 14.3. The first-order chi connectivity index (χ1) is 13.1. The number of aliphatic hydroxyl groups excluding tert-OH is 1. The van der Waals surface area contributed by atoms with Crippen molar-refractivity contribution in [2.24, 2.45) is 0 Å². The van der Waals surface area contributed by atoms with Gasteiger partial charge in [0.1, 0.15) is 0 Å². The van der Waals surface area contributed by atoms with Gasteiger partial charge in [-0.1, -0.05) is 54.6 Å². The van der Waals surface area contributed by atoms with Crippen molar-refractivity contribution in [2.75, 3.05) is 6.54 Å². The summed E-state index contributed by atoms with van der Waals surface area (Å²) in [5, 5.41) is 22.3. The van der Waals surface area contributed by atoms with Crippen LogP contribution in [-0.2, 0) is 0 Å². The SMILES string of the molecule is O=C(NCC(O)c1ccc2ccccc2c1)c1n[nH]c(=O)c2ccccc12. The van der Waals surface area contributed by atoms with Gasteiger partial charge in [0.15, 0.2) is 5.69 Å². The molecule has 1 unspecified atom stereocenters. The summed E-state index contributed by atoms with van der Waals surface area (Å²) in [6.45, 7) is 0.0340. The summed E-state index contributed by atoms with van der Waals surface area (Å²) in [6.07, 6.45) is -0.854. The van der Waals surface area contributed by atoms with Gasteiger partial charge in [0.05, 0.1) is 11.5 Å². The van der Waals surface area contributed by atoms with Crippen molar-refractivity contribution in [1.29, 1.82) is 0 Å². The summed E-state index contributed by atoms with van der Waals surface area (Å²) >= 11 is 0. The van der Waals surface area contributed by atoms with E-state index in [9.17, 15) is 14.7 Å². The van der Waals surface area contributed by atoms with Crippen LogP contribution in [0.25, 0.3) is 21.5 Å². The molecule has 3 N–H and O–H groups in total. The average molecular weight is 359 g/mol. The van der Waals surface area contributed by atoms with Gasteiger partial charge in [-0.2, -0.15) is 5.10 Å². The zero-order valence-corrected chi connectivity index (χ0v) is 14.3. The number of hydrogen-bond donors (Lipinski definition) is 3. The van der Waals surface area contributed by atoms with Crippen LogP contribution in [0.4, 0.5) is 0 Å². The van der Waals surface area contributed by atoms with E-state index in [1.165, 1.54) is 0 Å². The van der Waals surface area contributed by atoms with E-state index in [4.69, 9.17) is 0 Å². The Balaban J connectivity index is 1.53. The van der Waals surface area contributed by atoms with E-state index in [1.807, 2.05) is 42.5 Å². The Hall–Kier alpha value is -3.51. The molecule has 4 aromatic rings. The Morgan fingerprint density at radius 2 is 1.70 bits per heavy atom. The normalized spacial score (nSPS) is 12.2. The second-order valence-electron chi connectivity index (χ2n) is 6.28. The first kappa shape index (κ1) is 16.9. The van der Waals surface area contributed by atoms with E-state index >= 15 is 0 Å². The molecule has 0 fully saturated rings. The van der Waals surface area contributed by atoms with Crippen LogP contribution in [0.15, 0.2) is 71.5 Å². The van der Waals surface area contributed by atoms with Crippen LogP contribution in [0.2, 0.25) is 0 Å². The molecule has 3 aromatic carbocycles. The second-order valence-corrected chi connectivity index (χ2v) is 6.28. The number of nitrogens with zero attached hydrogens (tertiary/aromatic N) is 1. The zero-order chi connectivity index (χ0) is 18.8. The molecule has 1 atom stereocenters. The number of nitrogens with one attached hydrogen (secondary N) is 2. The predicted molar refractivity (Wildman–Crippen MR) is 104 cm³/mol. The number of aliphatic hydroxyl groups is 1. The average Bonchev–Trinajstić information content (AvgIpc) is 2.72. The van der Waals surface area contributed by atoms with E-state index in [0.29, 0.717) is 16.3 Å². The maximum absolute atomic E-state index is 12.5. The monoisotopic (exact) mass is 359 g/mol. The molecule has 134 valence electrons. The molecule has 0 spiro atoms. The van der Waals surface area contributed by atoms with Crippen LogP contribution in [-0.4, -0.2) is 27.8 Å². The number of amides is 1. The molecule has 0 saturated heterocycles. The van der Waals surface area contributed by atoms with Crippen LogP contribution in [0, 0.1) is 0 Å². The van der Waals surface area contributed by atoms with E-state index in [-0.39, 0.29) is 17.8 Å². The maximum Gasteiger partial charge on any atom is 0.272 e. The second kappa shape index (κ2) is 7.01. The molecular formula is C21H17N3O3. The molecule has 6 heteroatoms. The third kappa shape index (κ3) is 3.30. The molecule has 0 aliphatic heterocycles. The van der Waals surface area contributed by atoms with Crippen molar-refractivity contribution in [3.05, 3.63) is 88.3 Å². The smallest absolute Gasteiger partial charge is 0.272 e. The largest absolute Gasteiger partial charge is 0.387 e. The van der Waals surface area contributed by atoms with Crippen LogP contribution < -0.4 is 10.9 Å². The highest BCUT2D eigenvalue weighted by atomic mass is 16.3. The van der Waals surface area contributed by atoms with Gasteiger partial charge in [-0.3, -0.25) is 9.59 Å². The number of carbonyl (C=O) groups excluding carboxylic acids is 1. The summed E-state index contributed by atoms with van der Waals surface area (Å²) in [4.78, 5) is 24.3. The minimum Gasteiger partial charge on any atom is -0.387 e. The summed E-state index contributed by atoms with van der Waals surface area (Å²) in [5.74, 6) is -0.456. The molecule has 0 radical (unpaired) electrons. The number of fused-ring (bicyclic) bond motifs is 2. The summed E-state index contributed by atoms with van der Waals surface area (Å²) in [6, 6.07) is 20.3.